The number of rotatable bonds is 5. The van der Waals surface area contributed by atoms with Gasteiger partial charge in [-0.2, -0.15) is 0 Å². The Morgan fingerprint density at radius 3 is 2.28 bits per heavy atom. The highest BCUT2D eigenvalue weighted by atomic mass is 32.2. The molecule has 4 rings (SSSR count). The Bertz CT molecular complexity index is 1470. The monoisotopic (exact) mass is 452 g/mol. The maximum Gasteiger partial charge on any atom is 0.349 e. The third kappa shape index (κ3) is 4.44. The van der Waals surface area contributed by atoms with E-state index in [0.717, 1.165) is 0 Å². The highest BCUT2D eigenvalue weighted by molar-refractivity contribution is 7.90. The molecular formula is C22H16N2O7S. The first-order valence-corrected chi connectivity index (χ1v) is 11.0. The van der Waals surface area contributed by atoms with Crippen LogP contribution in [0.3, 0.4) is 0 Å². The van der Waals surface area contributed by atoms with Gasteiger partial charge in [-0.3, -0.25) is 20.4 Å². The van der Waals surface area contributed by atoms with Crippen molar-refractivity contribution in [2.75, 3.05) is 0 Å². The van der Waals surface area contributed by atoms with Gasteiger partial charge in [0, 0.05) is 5.39 Å². The predicted octanol–water partition coefficient (Wildman–Crippen LogP) is 2.43. The van der Waals surface area contributed by atoms with Gasteiger partial charge in [0.05, 0.1) is 4.90 Å². The molecule has 0 saturated carbocycles. The molecule has 0 aliphatic carbocycles. The van der Waals surface area contributed by atoms with Crippen LogP contribution in [0.15, 0.2) is 91.3 Å². The summed E-state index contributed by atoms with van der Waals surface area (Å²) < 4.78 is 35.2. The molecule has 2 amide bonds. The van der Waals surface area contributed by atoms with E-state index in [4.69, 9.17) is 8.83 Å². The Hall–Kier alpha value is -4.18. The number of benzene rings is 2. The molecule has 0 aliphatic rings. The van der Waals surface area contributed by atoms with E-state index in [2.05, 4.69) is 10.9 Å². The number of sulfone groups is 1. The topological polar surface area (TPSA) is 136 Å². The lowest BCUT2D eigenvalue weighted by atomic mass is 10.2. The molecule has 4 aromatic rings. The van der Waals surface area contributed by atoms with Crippen LogP contribution in [0.5, 0.6) is 0 Å². The molecule has 2 N–H and O–H groups in total. The first-order chi connectivity index (χ1) is 15.3. The second kappa shape index (κ2) is 8.52. The summed E-state index contributed by atoms with van der Waals surface area (Å²) in [5, 5.41) is 0.541. The van der Waals surface area contributed by atoms with Crippen LogP contribution in [0.4, 0.5) is 0 Å². The minimum Gasteiger partial charge on any atom is -0.455 e. The van der Waals surface area contributed by atoms with Crippen molar-refractivity contribution in [3.8, 4) is 0 Å². The molecule has 10 heteroatoms. The number of nitrogens with one attached hydrogen (secondary N) is 2. The van der Waals surface area contributed by atoms with Crippen molar-refractivity contribution in [3.05, 3.63) is 100 Å². The molecule has 0 unspecified atom stereocenters. The van der Waals surface area contributed by atoms with Crippen molar-refractivity contribution in [1.82, 2.24) is 10.9 Å². The minimum absolute atomic E-state index is 0.0560. The Balaban J connectivity index is 1.42. The molecule has 0 radical (unpaired) electrons. The standard InChI is InChI=1S/C22H16N2O7S/c25-20(17-12-14-6-4-5-9-18(14)31-22(17)27)23-24-21(26)19-11-10-15(30-19)13-32(28,29)16-7-2-1-3-8-16/h1-12H,13H2,(H,23,25)(H,24,26). The maximum absolute atomic E-state index is 12.4. The molecule has 0 spiro atoms. The van der Waals surface area contributed by atoms with E-state index in [1.807, 2.05) is 0 Å². The normalized spacial score (nSPS) is 11.2. The zero-order valence-corrected chi connectivity index (χ0v) is 17.2. The minimum atomic E-state index is -3.65. The van der Waals surface area contributed by atoms with E-state index in [9.17, 15) is 22.8 Å². The van der Waals surface area contributed by atoms with Gasteiger partial charge in [-0.15, -0.1) is 0 Å². The van der Waals surface area contributed by atoms with Crippen molar-refractivity contribution in [1.29, 1.82) is 0 Å². The van der Waals surface area contributed by atoms with E-state index in [-0.39, 0.29) is 22.0 Å². The summed E-state index contributed by atoms with van der Waals surface area (Å²) in [6.45, 7) is 0. The summed E-state index contributed by atoms with van der Waals surface area (Å²) in [7, 11) is -3.65. The van der Waals surface area contributed by atoms with E-state index < -0.39 is 33.0 Å². The number of carbonyl (C=O) groups excluding carboxylic acids is 2. The summed E-state index contributed by atoms with van der Waals surface area (Å²) in [6, 6.07) is 18.5. The van der Waals surface area contributed by atoms with Crippen LogP contribution in [-0.2, 0) is 15.6 Å². The number of hydrogen-bond donors (Lipinski definition) is 2. The second-order valence-electron chi connectivity index (χ2n) is 6.73. The summed E-state index contributed by atoms with van der Waals surface area (Å²) in [5.41, 5.74) is 3.40. The predicted molar refractivity (Wildman–Crippen MR) is 113 cm³/mol. The number of para-hydroxylation sites is 1. The SMILES string of the molecule is O=C(NNC(=O)c1cc2ccccc2oc1=O)c1ccc(CS(=O)(=O)c2ccccc2)o1. The zero-order chi connectivity index (χ0) is 22.7. The third-order valence-corrected chi connectivity index (χ3v) is 6.15. The quantitative estimate of drug-likeness (QED) is 0.351. The molecule has 2 aromatic carbocycles. The molecule has 0 fully saturated rings. The van der Waals surface area contributed by atoms with Gasteiger partial charge in [-0.25, -0.2) is 13.2 Å². The molecule has 162 valence electrons. The fourth-order valence-corrected chi connectivity index (χ4v) is 4.21. The highest BCUT2D eigenvalue weighted by Crippen LogP contribution is 2.18. The smallest absolute Gasteiger partial charge is 0.349 e. The molecule has 0 saturated heterocycles. The van der Waals surface area contributed by atoms with Crippen LogP contribution in [0.2, 0.25) is 0 Å². The highest BCUT2D eigenvalue weighted by Gasteiger charge is 2.20. The summed E-state index contributed by atoms with van der Waals surface area (Å²) in [6.07, 6.45) is 0. The molecular weight excluding hydrogens is 436 g/mol. The number of hydrazine groups is 1. The van der Waals surface area contributed by atoms with Gasteiger partial charge in [-0.1, -0.05) is 36.4 Å². The van der Waals surface area contributed by atoms with Gasteiger partial charge >= 0.3 is 11.5 Å². The Morgan fingerprint density at radius 1 is 0.812 bits per heavy atom. The van der Waals surface area contributed by atoms with Crippen molar-refractivity contribution in [2.45, 2.75) is 10.6 Å². The number of carbonyl (C=O) groups is 2. The van der Waals surface area contributed by atoms with Crippen molar-refractivity contribution >= 4 is 32.6 Å². The van der Waals surface area contributed by atoms with Crippen molar-refractivity contribution < 1.29 is 26.8 Å². The lowest BCUT2D eigenvalue weighted by Gasteiger charge is -2.06. The molecule has 2 heterocycles. The molecule has 0 atom stereocenters. The maximum atomic E-state index is 12.4. The summed E-state index contributed by atoms with van der Waals surface area (Å²) in [4.78, 5) is 36.7. The number of fused-ring (bicyclic) bond motifs is 1. The van der Waals surface area contributed by atoms with Gasteiger partial charge in [0.15, 0.2) is 15.6 Å². The van der Waals surface area contributed by atoms with Gasteiger partial charge < -0.3 is 8.83 Å². The largest absolute Gasteiger partial charge is 0.455 e. The van der Waals surface area contributed by atoms with Crippen LogP contribution >= 0.6 is 0 Å². The molecule has 0 bridgehead atoms. The summed E-state index contributed by atoms with van der Waals surface area (Å²) >= 11 is 0. The first-order valence-electron chi connectivity index (χ1n) is 9.33. The van der Waals surface area contributed by atoms with Crippen LogP contribution in [0.1, 0.15) is 26.7 Å². The first kappa shape index (κ1) is 21.1. The Labute approximate surface area is 181 Å². The average Bonchev–Trinajstić information content (AvgIpc) is 3.25. The Morgan fingerprint density at radius 2 is 1.50 bits per heavy atom. The lowest BCUT2D eigenvalue weighted by molar-refractivity contribution is 0.0828. The average molecular weight is 452 g/mol. The van der Waals surface area contributed by atoms with Crippen molar-refractivity contribution in [2.24, 2.45) is 0 Å². The lowest BCUT2D eigenvalue weighted by Crippen LogP contribution is -2.43. The molecule has 32 heavy (non-hydrogen) atoms. The van der Waals surface area contributed by atoms with Crippen LogP contribution < -0.4 is 16.5 Å². The van der Waals surface area contributed by atoms with E-state index in [1.165, 1.54) is 30.3 Å². The molecule has 2 aromatic heterocycles. The van der Waals surface area contributed by atoms with E-state index in [1.54, 1.807) is 42.5 Å². The van der Waals surface area contributed by atoms with Crippen LogP contribution in [0.25, 0.3) is 11.0 Å². The number of hydrogen-bond acceptors (Lipinski definition) is 7. The van der Waals surface area contributed by atoms with Gasteiger partial charge in [-0.05, 0) is 36.4 Å². The van der Waals surface area contributed by atoms with Crippen LogP contribution in [-0.4, -0.2) is 20.2 Å². The fraction of sp³-hybridized carbons (Fsp3) is 0.0455. The zero-order valence-electron chi connectivity index (χ0n) is 16.4. The number of furan rings is 1. The third-order valence-electron chi connectivity index (χ3n) is 4.50. The molecule has 9 nitrogen and oxygen atoms in total. The van der Waals surface area contributed by atoms with E-state index >= 15 is 0 Å². The fourth-order valence-electron chi connectivity index (χ4n) is 2.94. The Kier molecular flexibility index (Phi) is 5.61. The second-order valence-corrected chi connectivity index (χ2v) is 8.72. The van der Waals surface area contributed by atoms with Gasteiger partial charge in [0.25, 0.3) is 5.91 Å². The van der Waals surface area contributed by atoms with E-state index in [0.29, 0.717) is 11.0 Å². The number of amides is 2. The molecule has 0 aliphatic heterocycles. The van der Waals surface area contributed by atoms with Gasteiger partial charge in [0.2, 0.25) is 0 Å². The summed E-state index contributed by atoms with van der Waals surface area (Å²) in [5.74, 6) is -2.30. The van der Waals surface area contributed by atoms with Crippen molar-refractivity contribution in [3.63, 3.8) is 0 Å². The van der Waals surface area contributed by atoms with Gasteiger partial charge in [0.1, 0.15) is 22.7 Å². The van der Waals surface area contributed by atoms with Crippen LogP contribution in [0, 0.1) is 0 Å².